The third kappa shape index (κ3) is 3.99. The summed E-state index contributed by atoms with van der Waals surface area (Å²) in [7, 11) is 1.60. The van der Waals surface area contributed by atoms with E-state index in [9.17, 15) is 4.79 Å². The molecule has 0 aliphatic carbocycles. The smallest absolute Gasteiger partial charge is 0.258 e. The molecular weight excluding hydrogens is 328 g/mol. The third-order valence-corrected chi connectivity index (χ3v) is 4.72. The van der Waals surface area contributed by atoms with Crippen LogP contribution in [0.15, 0.2) is 48.5 Å². The highest BCUT2D eigenvalue weighted by atomic mass is 16.5. The average Bonchev–Trinajstić information content (AvgIpc) is 3.18. The lowest BCUT2D eigenvalue weighted by molar-refractivity contribution is 0.0730. The summed E-state index contributed by atoms with van der Waals surface area (Å²) in [5, 5.41) is 0. The second kappa shape index (κ2) is 8.72. The summed E-state index contributed by atoms with van der Waals surface area (Å²) < 4.78 is 11.1. The fraction of sp³-hybridized carbons (Fsp3) is 0.381. The van der Waals surface area contributed by atoms with Crippen molar-refractivity contribution in [1.29, 1.82) is 0 Å². The van der Waals surface area contributed by atoms with E-state index in [1.165, 1.54) is 5.56 Å². The quantitative estimate of drug-likeness (QED) is 0.774. The topological polar surface area (TPSA) is 64.8 Å². The summed E-state index contributed by atoms with van der Waals surface area (Å²) in [6.07, 6.45) is 2.72. The van der Waals surface area contributed by atoms with Gasteiger partial charge >= 0.3 is 0 Å². The second-order valence-electron chi connectivity index (χ2n) is 6.42. The molecule has 138 valence electrons. The molecule has 26 heavy (non-hydrogen) atoms. The first-order chi connectivity index (χ1) is 12.7. The molecule has 5 heteroatoms. The van der Waals surface area contributed by atoms with E-state index < -0.39 is 0 Å². The van der Waals surface area contributed by atoms with Gasteiger partial charge in [0, 0.05) is 6.54 Å². The molecule has 2 aromatic carbocycles. The number of likely N-dealkylation sites (tertiary alicyclic amines) is 1. The SMILES string of the molecule is COc1ccc(OCCCN)c(C(=O)N2CCCC2c2ccccc2)c1. The Balaban J connectivity index is 1.87. The molecule has 0 aromatic heterocycles. The Morgan fingerprint density at radius 2 is 2.04 bits per heavy atom. The number of hydrogen-bond acceptors (Lipinski definition) is 4. The number of carbonyl (C=O) groups is 1. The number of rotatable bonds is 7. The first-order valence-corrected chi connectivity index (χ1v) is 9.11. The largest absolute Gasteiger partial charge is 0.497 e. The fourth-order valence-electron chi connectivity index (χ4n) is 3.38. The van der Waals surface area contributed by atoms with Crippen LogP contribution in [0, 0.1) is 0 Å². The summed E-state index contributed by atoms with van der Waals surface area (Å²) >= 11 is 0. The van der Waals surface area contributed by atoms with Gasteiger partial charge in [-0.2, -0.15) is 0 Å². The Hall–Kier alpha value is -2.53. The van der Waals surface area contributed by atoms with Gasteiger partial charge in [-0.25, -0.2) is 0 Å². The van der Waals surface area contributed by atoms with Gasteiger partial charge in [0.1, 0.15) is 11.5 Å². The van der Waals surface area contributed by atoms with E-state index in [2.05, 4.69) is 12.1 Å². The Bertz CT molecular complexity index is 733. The highest BCUT2D eigenvalue weighted by Crippen LogP contribution is 2.35. The van der Waals surface area contributed by atoms with Crippen molar-refractivity contribution >= 4 is 5.91 Å². The highest BCUT2D eigenvalue weighted by molar-refractivity contribution is 5.97. The van der Waals surface area contributed by atoms with Gasteiger partial charge < -0.3 is 20.1 Å². The van der Waals surface area contributed by atoms with Crippen molar-refractivity contribution in [3.05, 3.63) is 59.7 Å². The summed E-state index contributed by atoms with van der Waals surface area (Å²) in [4.78, 5) is 15.3. The molecule has 0 saturated carbocycles. The van der Waals surface area contributed by atoms with Crippen molar-refractivity contribution in [2.75, 3.05) is 26.8 Å². The molecule has 0 spiro atoms. The Kier molecular flexibility index (Phi) is 6.12. The zero-order valence-electron chi connectivity index (χ0n) is 15.2. The number of nitrogens with two attached hydrogens (primary N) is 1. The lowest BCUT2D eigenvalue weighted by Crippen LogP contribution is -2.31. The molecule has 3 rings (SSSR count). The molecule has 0 bridgehead atoms. The fourth-order valence-corrected chi connectivity index (χ4v) is 3.38. The van der Waals surface area contributed by atoms with Gasteiger partial charge in [-0.15, -0.1) is 0 Å². The minimum Gasteiger partial charge on any atom is -0.497 e. The van der Waals surface area contributed by atoms with Gasteiger partial charge in [0.15, 0.2) is 0 Å². The van der Waals surface area contributed by atoms with Gasteiger partial charge in [0.05, 0.1) is 25.3 Å². The van der Waals surface area contributed by atoms with E-state index in [4.69, 9.17) is 15.2 Å². The van der Waals surface area contributed by atoms with E-state index in [-0.39, 0.29) is 11.9 Å². The lowest BCUT2D eigenvalue weighted by atomic mass is 10.0. The van der Waals surface area contributed by atoms with E-state index in [1.54, 1.807) is 19.2 Å². The van der Waals surface area contributed by atoms with Crippen LogP contribution in [0.25, 0.3) is 0 Å². The van der Waals surface area contributed by atoms with Gasteiger partial charge in [-0.1, -0.05) is 30.3 Å². The number of methoxy groups -OCH3 is 1. The van der Waals surface area contributed by atoms with Crippen LogP contribution in [-0.4, -0.2) is 37.6 Å². The van der Waals surface area contributed by atoms with E-state index in [0.29, 0.717) is 30.2 Å². The van der Waals surface area contributed by atoms with Gasteiger partial charge in [-0.05, 0) is 49.6 Å². The molecule has 1 atom stereocenters. The zero-order valence-corrected chi connectivity index (χ0v) is 15.2. The maximum absolute atomic E-state index is 13.3. The number of hydrogen-bond donors (Lipinski definition) is 1. The van der Waals surface area contributed by atoms with Crippen LogP contribution in [0.3, 0.4) is 0 Å². The van der Waals surface area contributed by atoms with Crippen molar-refractivity contribution in [2.24, 2.45) is 5.73 Å². The zero-order chi connectivity index (χ0) is 18.4. The monoisotopic (exact) mass is 354 g/mol. The van der Waals surface area contributed by atoms with Crippen molar-refractivity contribution in [1.82, 2.24) is 4.90 Å². The normalized spacial score (nSPS) is 16.5. The van der Waals surface area contributed by atoms with Crippen molar-refractivity contribution in [3.63, 3.8) is 0 Å². The number of carbonyl (C=O) groups excluding carboxylic acids is 1. The summed E-state index contributed by atoms with van der Waals surface area (Å²) in [6, 6.07) is 15.7. The molecule has 1 saturated heterocycles. The molecule has 5 nitrogen and oxygen atoms in total. The van der Waals surface area contributed by atoms with E-state index >= 15 is 0 Å². The molecule has 2 N–H and O–H groups in total. The second-order valence-corrected chi connectivity index (χ2v) is 6.42. The van der Waals surface area contributed by atoms with Gasteiger partial charge in [-0.3, -0.25) is 4.79 Å². The van der Waals surface area contributed by atoms with Crippen molar-refractivity contribution in [2.45, 2.75) is 25.3 Å². The van der Waals surface area contributed by atoms with Gasteiger partial charge in [0.25, 0.3) is 5.91 Å². The van der Waals surface area contributed by atoms with Crippen LogP contribution in [-0.2, 0) is 0 Å². The van der Waals surface area contributed by atoms with Crippen LogP contribution in [0.5, 0.6) is 11.5 Å². The standard InChI is InChI=1S/C21H26N2O3/c1-25-17-10-11-20(26-14-6-12-22)18(15-17)21(24)23-13-5-9-19(23)16-7-3-2-4-8-16/h2-4,7-8,10-11,15,19H,5-6,9,12-14,22H2,1H3. The van der Waals surface area contributed by atoms with Crippen LogP contribution >= 0.6 is 0 Å². The maximum atomic E-state index is 13.3. The van der Waals surface area contributed by atoms with Crippen molar-refractivity contribution in [3.8, 4) is 11.5 Å². The molecule has 2 aromatic rings. The summed E-state index contributed by atoms with van der Waals surface area (Å²) in [5.41, 5.74) is 7.26. The van der Waals surface area contributed by atoms with Crippen LogP contribution < -0.4 is 15.2 Å². The first-order valence-electron chi connectivity index (χ1n) is 9.11. The predicted octanol–water partition coefficient (Wildman–Crippen LogP) is 3.40. The van der Waals surface area contributed by atoms with Crippen LogP contribution in [0.4, 0.5) is 0 Å². The van der Waals surface area contributed by atoms with Crippen LogP contribution in [0.1, 0.15) is 41.2 Å². The van der Waals surface area contributed by atoms with E-state index in [1.807, 2.05) is 29.2 Å². The first kappa shape index (κ1) is 18.3. The molecule has 1 aliphatic rings. The van der Waals surface area contributed by atoms with Gasteiger partial charge in [0.2, 0.25) is 0 Å². The minimum atomic E-state index is -0.0157. The molecular formula is C21H26N2O3. The Morgan fingerprint density at radius 1 is 1.23 bits per heavy atom. The number of ether oxygens (including phenoxy) is 2. The summed E-state index contributed by atoms with van der Waals surface area (Å²) in [6.45, 7) is 1.80. The summed E-state index contributed by atoms with van der Waals surface area (Å²) in [5.74, 6) is 1.22. The molecule has 1 heterocycles. The number of benzene rings is 2. The number of nitrogens with zero attached hydrogens (tertiary/aromatic N) is 1. The van der Waals surface area contributed by atoms with Crippen LogP contribution in [0.2, 0.25) is 0 Å². The maximum Gasteiger partial charge on any atom is 0.258 e. The van der Waals surface area contributed by atoms with Crippen molar-refractivity contribution < 1.29 is 14.3 Å². The minimum absolute atomic E-state index is 0.0157. The predicted molar refractivity (Wildman–Crippen MR) is 102 cm³/mol. The Morgan fingerprint density at radius 3 is 2.77 bits per heavy atom. The third-order valence-electron chi connectivity index (χ3n) is 4.72. The molecule has 1 amide bonds. The highest BCUT2D eigenvalue weighted by Gasteiger charge is 2.32. The molecule has 1 fully saturated rings. The van der Waals surface area contributed by atoms with E-state index in [0.717, 1.165) is 25.8 Å². The molecule has 1 aliphatic heterocycles. The number of amides is 1. The average molecular weight is 354 g/mol. The Labute approximate surface area is 154 Å². The molecule has 0 radical (unpaired) electrons. The lowest BCUT2D eigenvalue weighted by Gasteiger charge is -2.26. The molecule has 1 unspecified atom stereocenters.